The van der Waals surface area contributed by atoms with Crippen molar-refractivity contribution in [2.45, 2.75) is 19.0 Å². The molecule has 1 fully saturated rings. The van der Waals surface area contributed by atoms with Gasteiger partial charge in [0.1, 0.15) is 5.82 Å². The number of benzene rings is 1. The number of nitrogens with zero attached hydrogens (tertiary/aromatic N) is 4. The Hall–Kier alpha value is -2.38. The first kappa shape index (κ1) is 16.5. The summed E-state index contributed by atoms with van der Waals surface area (Å²) in [6.45, 7) is 1.38. The zero-order chi connectivity index (χ0) is 17.3. The number of aromatic nitrogens is 2. The molecule has 8 heteroatoms. The Balaban J connectivity index is 1.95. The summed E-state index contributed by atoms with van der Waals surface area (Å²) in [5, 5.41) is 0.488. The highest BCUT2D eigenvalue weighted by atomic mass is 19.4. The molecule has 1 aliphatic heterocycles. The lowest BCUT2D eigenvalue weighted by Gasteiger charge is -2.23. The number of para-hydroxylation sites is 1. The molecule has 24 heavy (non-hydrogen) atoms. The van der Waals surface area contributed by atoms with Gasteiger partial charge in [0.05, 0.1) is 12.1 Å². The quantitative estimate of drug-likeness (QED) is 0.863. The molecule has 128 valence electrons. The zero-order valence-electron chi connectivity index (χ0n) is 13.2. The van der Waals surface area contributed by atoms with E-state index in [-0.39, 0.29) is 23.8 Å². The number of hydrogen-bond acceptors (Lipinski definition) is 4. The van der Waals surface area contributed by atoms with Crippen LogP contribution in [0.3, 0.4) is 0 Å². The molecule has 2 aromatic rings. The minimum Gasteiger partial charge on any atom is -0.350 e. The number of halogens is 3. The summed E-state index contributed by atoms with van der Waals surface area (Å²) in [6, 6.07) is 6.49. The minimum atomic E-state index is -4.64. The highest BCUT2D eigenvalue weighted by molar-refractivity contribution is 5.91. The Morgan fingerprint density at radius 3 is 2.54 bits per heavy atom. The molecular formula is C16H17F3N4O. The summed E-state index contributed by atoms with van der Waals surface area (Å²) in [5.41, 5.74) is 0.204. The van der Waals surface area contributed by atoms with Crippen LogP contribution in [0.5, 0.6) is 0 Å². The fraction of sp³-hybridized carbons (Fsp3) is 0.438. The second-order valence-electron chi connectivity index (χ2n) is 5.83. The lowest BCUT2D eigenvalue weighted by atomic mass is 10.2. The number of fused-ring (bicyclic) bond motifs is 1. The Bertz CT molecular complexity index is 757. The summed E-state index contributed by atoms with van der Waals surface area (Å²) in [7, 11) is 1.57. The third-order valence-electron chi connectivity index (χ3n) is 4.03. The van der Waals surface area contributed by atoms with Gasteiger partial charge >= 0.3 is 6.18 Å². The summed E-state index contributed by atoms with van der Waals surface area (Å²) < 4.78 is 39.1. The summed E-state index contributed by atoms with van der Waals surface area (Å²) >= 11 is 0. The monoisotopic (exact) mass is 338 g/mol. The number of hydrogen-bond donors (Lipinski definition) is 0. The highest BCUT2D eigenvalue weighted by Gasteiger charge is 2.36. The van der Waals surface area contributed by atoms with Gasteiger partial charge in [-0.1, -0.05) is 12.1 Å². The van der Waals surface area contributed by atoms with E-state index in [2.05, 4.69) is 9.97 Å². The Labute approximate surface area is 137 Å². The third kappa shape index (κ3) is 3.27. The number of anilines is 1. The molecule has 0 aliphatic carbocycles. The second kappa shape index (κ2) is 6.26. The van der Waals surface area contributed by atoms with Gasteiger partial charge in [-0.3, -0.25) is 4.79 Å². The van der Waals surface area contributed by atoms with Crippen molar-refractivity contribution < 1.29 is 18.0 Å². The van der Waals surface area contributed by atoms with E-state index < -0.39 is 12.0 Å². The Morgan fingerprint density at radius 1 is 1.21 bits per heavy atom. The lowest BCUT2D eigenvalue weighted by molar-refractivity contribution is -0.144. The molecule has 0 saturated carbocycles. The molecule has 1 aliphatic rings. The first-order valence-electron chi connectivity index (χ1n) is 7.69. The van der Waals surface area contributed by atoms with Crippen molar-refractivity contribution in [1.29, 1.82) is 0 Å². The van der Waals surface area contributed by atoms with Gasteiger partial charge in [0, 0.05) is 25.5 Å². The van der Waals surface area contributed by atoms with Crippen LogP contribution in [-0.2, 0) is 11.0 Å². The standard InChI is InChI=1S/C16H17F3N4O/c1-22(10-13(24)23-8-4-5-9-23)14-11-6-2-3-7-12(11)20-15(21-14)16(17,18)19/h2-3,6-7H,4-5,8-10H2,1H3. The van der Waals surface area contributed by atoms with Crippen LogP contribution < -0.4 is 4.90 Å². The summed E-state index contributed by atoms with van der Waals surface area (Å²) in [4.78, 5) is 22.7. The number of alkyl halides is 3. The molecule has 1 aromatic heterocycles. The number of carbonyl (C=O) groups is 1. The van der Waals surface area contributed by atoms with E-state index in [0.717, 1.165) is 12.8 Å². The van der Waals surface area contributed by atoms with Crippen molar-refractivity contribution in [3.63, 3.8) is 0 Å². The van der Waals surface area contributed by atoms with Crippen LogP contribution in [0.4, 0.5) is 19.0 Å². The fourth-order valence-electron chi connectivity index (χ4n) is 2.82. The zero-order valence-corrected chi connectivity index (χ0v) is 13.2. The van der Waals surface area contributed by atoms with E-state index >= 15 is 0 Å². The minimum absolute atomic E-state index is 0.0156. The number of likely N-dealkylation sites (N-methyl/N-ethyl adjacent to an activating group) is 1. The average Bonchev–Trinajstić information content (AvgIpc) is 3.07. The SMILES string of the molecule is CN(CC(=O)N1CCCC1)c1nc(C(F)(F)F)nc2ccccc12. The van der Waals surface area contributed by atoms with Crippen LogP contribution in [-0.4, -0.2) is 47.5 Å². The fourth-order valence-corrected chi connectivity index (χ4v) is 2.82. The Kier molecular flexibility index (Phi) is 4.29. The van der Waals surface area contributed by atoms with Crippen molar-refractivity contribution >= 4 is 22.6 Å². The molecule has 0 atom stereocenters. The van der Waals surface area contributed by atoms with Gasteiger partial charge in [-0.05, 0) is 25.0 Å². The maximum absolute atomic E-state index is 13.0. The molecule has 0 spiro atoms. The predicted molar refractivity (Wildman–Crippen MR) is 83.6 cm³/mol. The second-order valence-corrected chi connectivity index (χ2v) is 5.83. The van der Waals surface area contributed by atoms with Crippen LogP contribution in [0.25, 0.3) is 10.9 Å². The van der Waals surface area contributed by atoms with Crippen molar-refractivity contribution in [3.05, 3.63) is 30.1 Å². The van der Waals surface area contributed by atoms with Crippen molar-refractivity contribution in [3.8, 4) is 0 Å². The van der Waals surface area contributed by atoms with Crippen LogP contribution in [0.2, 0.25) is 0 Å². The number of amides is 1. The molecule has 2 heterocycles. The van der Waals surface area contributed by atoms with Gasteiger partial charge in [-0.15, -0.1) is 0 Å². The van der Waals surface area contributed by atoms with E-state index in [9.17, 15) is 18.0 Å². The topological polar surface area (TPSA) is 49.3 Å². The molecule has 0 N–H and O–H groups in total. The molecule has 0 unspecified atom stereocenters. The summed E-state index contributed by atoms with van der Waals surface area (Å²) in [6.07, 6.45) is -2.72. The average molecular weight is 338 g/mol. The number of likely N-dealkylation sites (tertiary alicyclic amines) is 1. The van der Waals surface area contributed by atoms with Crippen LogP contribution in [0, 0.1) is 0 Å². The van der Waals surface area contributed by atoms with E-state index in [1.165, 1.54) is 11.0 Å². The molecule has 0 bridgehead atoms. The maximum atomic E-state index is 13.0. The number of rotatable bonds is 3. The summed E-state index contributed by atoms with van der Waals surface area (Å²) in [5.74, 6) is -1.19. The first-order valence-corrected chi connectivity index (χ1v) is 7.69. The predicted octanol–water partition coefficient (Wildman–Crippen LogP) is 2.71. The largest absolute Gasteiger partial charge is 0.451 e. The van der Waals surface area contributed by atoms with Gasteiger partial charge in [0.25, 0.3) is 0 Å². The first-order chi connectivity index (χ1) is 11.4. The molecule has 0 radical (unpaired) electrons. The maximum Gasteiger partial charge on any atom is 0.451 e. The molecule has 1 aromatic carbocycles. The lowest BCUT2D eigenvalue weighted by Crippen LogP contribution is -2.37. The van der Waals surface area contributed by atoms with Gasteiger partial charge in [0.15, 0.2) is 0 Å². The van der Waals surface area contributed by atoms with Gasteiger partial charge in [0.2, 0.25) is 11.7 Å². The van der Waals surface area contributed by atoms with Crippen LogP contribution in [0.1, 0.15) is 18.7 Å². The van der Waals surface area contributed by atoms with Gasteiger partial charge < -0.3 is 9.80 Å². The highest BCUT2D eigenvalue weighted by Crippen LogP contribution is 2.31. The van der Waals surface area contributed by atoms with Crippen LogP contribution in [0.15, 0.2) is 24.3 Å². The van der Waals surface area contributed by atoms with E-state index in [0.29, 0.717) is 18.5 Å². The van der Waals surface area contributed by atoms with Gasteiger partial charge in [-0.25, -0.2) is 9.97 Å². The normalized spacial score (nSPS) is 15.1. The molecule has 3 rings (SSSR count). The van der Waals surface area contributed by atoms with Crippen molar-refractivity contribution in [1.82, 2.24) is 14.9 Å². The molecule has 5 nitrogen and oxygen atoms in total. The van der Waals surface area contributed by atoms with Crippen molar-refractivity contribution in [2.24, 2.45) is 0 Å². The van der Waals surface area contributed by atoms with E-state index in [1.54, 1.807) is 30.1 Å². The smallest absolute Gasteiger partial charge is 0.350 e. The van der Waals surface area contributed by atoms with E-state index in [1.807, 2.05) is 0 Å². The molecule has 1 saturated heterocycles. The van der Waals surface area contributed by atoms with Crippen molar-refractivity contribution in [2.75, 3.05) is 31.6 Å². The Morgan fingerprint density at radius 2 is 1.88 bits per heavy atom. The third-order valence-corrected chi connectivity index (χ3v) is 4.03. The molecule has 1 amide bonds. The number of carbonyl (C=O) groups excluding carboxylic acids is 1. The van der Waals surface area contributed by atoms with Gasteiger partial charge in [-0.2, -0.15) is 13.2 Å². The molecular weight excluding hydrogens is 321 g/mol. The van der Waals surface area contributed by atoms with Crippen LogP contribution >= 0.6 is 0 Å². The van der Waals surface area contributed by atoms with E-state index in [4.69, 9.17) is 0 Å².